The summed E-state index contributed by atoms with van der Waals surface area (Å²) in [7, 11) is 0. The van der Waals surface area contributed by atoms with Crippen molar-refractivity contribution >= 4 is 6.29 Å². The van der Waals surface area contributed by atoms with Crippen molar-refractivity contribution in [2.24, 2.45) is 11.8 Å². The van der Waals surface area contributed by atoms with E-state index in [4.69, 9.17) is 0 Å². The lowest BCUT2D eigenvalue weighted by atomic mass is 9.95. The van der Waals surface area contributed by atoms with Gasteiger partial charge in [-0.2, -0.15) is 0 Å². The molecule has 2 aliphatic rings. The van der Waals surface area contributed by atoms with E-state index in [1.807, 2.05) is 13.2 Å². The fraction of sp³-hybridized carbons (Fsp3) is 0.900. The molecule has 2 nitrogen and oxygen atoms in total. The van der Waals surface area contributed by atoms with Crippen LogP contribution in [0.5, 0.6) is 0 Å². The molecule has 0 heterocycles. The van der Waals surface area contributed by atoms with Gasteiger partial charge in [-0.1, -0.05) is 6.42 Å². The summed E-state index contributed by atoms with van der Waals surface area (Å²) in [6.07, 6.45) is 7.46. The summed E-state index contributed by atoms with van der Waals surface area (Å²) in [5.74, 6) is 1.80. The maximum absolute atomic E-state index is 10.3. The summed E-state index contributed by atoms with van der Waals surface area (Å²) in [5, 5.41) is 3.34. The van der Waals surface area contributed by atoms with E-state index in [0.29, 0.717) is 6.04 Å². The maximum atomic E-state index is 10.3. The number of rotatable bonds is 3. The Morgan fingerprint density at radius 2 is 2.25 bits per heavy atom. The average Bonchev–Trinajstić information content (AvgIpc) is 2.64. The van der Waals surface area contributed by atoms with E-state index in [1.54, 1.807) is 0 Å². The van der Waals surface area contributed by atoms with E-state index in [0.717, 1.165) is 11.8 Å². The van der Waals surface area contributed by atoms with Gasteiger partial charge in [0.25, 0.3) is 0 Å². The Morgan fingerprint density at radius 3 is 2.75 bits per heavy atom. The minimum absolute atomic E-state index is 0.0747. The molecule has 67 valence electrons. The lowest BCUT2D eigenvalue weighted by Gasteiger charge is -2.24. The topological polar surface area (TPSA) is 29.1 Å². The highest BCUT2D eigenvalue weighted by Crippen LogP contribution is 2.44. The largest absolute Gasteiger partial charge is 0.304 e. The Balaban J connectivity index is 1.86. The molecule has 0 aromatic carbocycles. The van der Waals surface area contributed by atoms with Crippen molar-refractivity contribution in [2.75, 3.05) is 0 Å². The van der Waals surface area contributed by atoms with Gasteiger partial charge in [0.1, 0.15) is 0 Å². The molecule has 0 aromatic rings. The summed E-state index contributed by atoms with van der Waals surface area (Å²) >= 11 is 0. The molecule has 2 heteroatoms. The third-order valence-corrected chi connectivity index (χ3v) is 3.38. The molecular formula is C10H16NO. The molecule has 4 atom stereocenters. The molecule has 0 saturated heterocycles. The summed E-state index contributed by atoms with van der Waals surface area (Å²) < 4.78 is 0. The highest BCUT2D eigenvalue weighted by molar-refractivity contribution is 5.57. The minimum Gasteiger partial charge on any atom is -0.304 e. The van der Waals surface area contributed by atoms with Crippen LogP contribution in [-0.2, 0) is 4.79 Å². The molecule has 0 amide bonds. The molecule has 3 unspecified atom stereocenters. The Morgan fingerprint density at radius 1 is 1.42 bits per heavy atom. The number of fused-ring (bicyclic) bond motifs is 2. The molecule has 2 aliphatic carbocycles. The van der Waals surface area contributed by atoms with E-state index in [1.165, 1.54) is 25.7 Å². The number of hydrogen-bond acceptors (Lipinski definition) is 2. The Labute approximate surface area is 73.7 Å². The first-order valence-electron chi connectivity index (χ1n) is 4.93. The number of nitrogens with one attached hydrogen (secondary N) is 1. The van der Waals surface area contributed by atoms with Gasteiger partial charge in [-0.25, -0.2) is 0 Å². The van der Waals surface area contributed by atoms with Crippen LogP contribution in [0.25, 0.3) is 0 Å². The second-order valence-corrected chi connectivity index (χ2v) is 4.29. The highest BCUT2D eigenvalue weighted by Gasteiger charge is 2.39. The van der Waals surface area contributed by atoms with E-state index >= 15 is 0 Å². The third-order valence-electron chi connectivity index (χ3n) is 3.38. The first kappa shape index (κ1) is 8.24. The lowest BCUT2D eigenvalue weighted by Crippen LogP contribution is -2.40. The first-order chi connectivity index (χ1) is 5.79. The van der Waals surface area contributed by atoms with Crippen molar-refractivity contribution in [3.05, 3.63) is 0 Å². The van der Waals surface area contributed by atoms with E-state index in [9.17, 15) is 4.79 Å². The van der Waals surface area contributed by atoms with Crippen LogP contribution in [-0.4, -0.2) is 18.4 Å². The molecule has 0 aliphatic heterocycles. The smallest absolute Gasteiger partial charge is 0.216 e. The molecular weight excluding hydrogens is 150 g/mol. The van der Waals surface area contributed by atoms with Crippen LogP contribution in [0.15, 0.2) is 0 Å². The maximum Gasteiger partial charge on any atom is 0.216 e. The van der Waals surface area contributed by atoms with Crippen LogP contribution in [0.2, 0.25) is 0 Å². The quantitative estimate of drug-likeness (QED) is 0.684. The van der Waals surface area contributed by atoms with Crippen molar-refractivity contribution < 1.29 is 4.79 Å². The summed E-state index contributed by atoms with van der Waals surface area (Å²) in [6.45, 7) is 1.89. The van der Waals surface area contributed by atoms with Crippen molar-refractivity contribution in [1.29, 1.82) is 0 Å². The Bertz CT molecular complexity index is 181. The molecule has 12 heavy (non-hydrogen) atoms. The molecule has 2 rings (SSSR count). The number of hydrogen-bond donors (Lipinski definition) is 1. The predicted molar refractivity (Wildman–Crippen MR) is 47.5 cm³/mol. The normalized spacial score (nSPS) is 41.6. The zero-order valence-corrected chi connectivity index (χ0v) is 7.55. The lowest BCUT2D eigenvalue weighted by molar-refractivity contribution is 0.342. The van der Waals surface area contributed by atoms with Gasteiger partial charge < -0.3 is 5.32 Å². The molecule has 0 spiro atoms. The van der Waals surface area contributed by atoms with Crippen LogP contribution in [0, 0.1) is 11.8 Å². The van der Waals surface area contributed by atoms with E-state index in [-0.39, 0.29) is 6.04 Å². The van der Waals surface area contributed by atoms with Crippen molar-refractivity contribution in [2.45, 2.75) is 44.7 Å². The minimum atomic E-state index is -0.0747. The van der Waals surface area contributed by atoms with Gasteiger partial charge in [0.2, 0.25) is 6.29 Å². The zero-order valence-electron chi connectivity index (χ0n) is 7.55. The fourth-order valence-corrected chi connectivity index (χ4v) is 2.80. The SMILES string of the molecule is C[C@@H]([C]=O)NC1CC2CCC1C2. The van der Waals surface area contributed by atoms with Crippen molar-refractivity contribution in [3.63, 3.8) is 0 Å². The van der Waals surface area contributed by atoms with Crippen LogP contribution in [0.3, 0.4) is 0 Å². The average molecular weight is 166 g/mol. The Hall–Kier alpha value is -0.370. The van der Waals surface area contributed by atoms with Gasteiger partial charge in [-0.15, -0.1) is 0 Å². The van der Waals surface area contributed by atoms with Crippen LogP contribution in [0.4, 0.5) is 0 Å². The molecule has 2 saturated carbocycles. The molecule has 2 fully saturated rings. The monoisotopic (exact) mass is 166 g/mol. The van der Waals surface area contributed by atoms with Crippen LogP contribution in [0.1, 0.15) is 32.6 Å². The molecule has 1 radical (unpaired) electrons. The standard InChI is InChI=1S/C10H16NO/c1-7(6-12)11-10-5-8-2-3-9(10)4-8/h7-11H,2-5H2,1H3/t7-,8?,9?,10?/m0/s1. The van der Waals surface area contributed by atoms with Crippen molar-refractivity contribution in [1.82, 2.24) is 5.32 Å². The van der Waals surface area contributed by atoms with Gasteiger partial charge in [-0.05, 0) is 38.0 Å². The summed E-state index contributed by atoms with van der Waals surface area (Å²) in [4.78, 5) is 10.3. The van der Waals surface area contributed by atoms with Gasteiger partial charge in [-0.3, -0.25) is 4.79 Å². The van der Waals surface area contributed by atoms with Crippen LogP contribution >= 0.6 is 0 Å². The number of carbonyl (C=O) groups excluding carboxylic acids is 1. The van der Waals surface area contributed by atoms with Gasteiger partial charge in [0.15, 0.2) is 0 Å². The highest BCUT2D eigenvalue weighted by atomic mass is 16.1. The van der Waals surface area contributed by atoms with Gasteiger partial charge in [0.05, 0.1) is 6.04 Å². The third kappa shape index (κ3) is 1.40. The van der Waals surface area contributed by atoms with Gasteiger partial charge >= 0.3 is 0 Å². The van der Waals surface area contributed by atoms with Gasteiger partial charge in [0, 0.05) is 6.04 Å². The molecule has 0 aromatic heterocycles. The van der Waals surface area contributed by atoms with Crippen molar-refractivity contribution in [3.8, 4) is 0 Å². The van der Waals surface area contributed by atoms with E-state index < -0.39 is 0 Å². The molecule has 1 N–H and O–H groups in total. The predicted octanol–water partition coefficient (Wildman–Crippen LogP) is 1.26. The Kier molecular flexibility index (Phi) is 2.18. The zero-order chi connectivity index (χ0) is 8.55. The second-order valence-electron chi connectivity index (χ2n) is 4.29. The molecule has 2 bridgehead atoms. The van der Waals surface area contributed by atoms with E-state index in [2.05, 4.69) is 5.32 Å². The first-order valence-corrected chi connectivity index (χ1v) is 4.93. The second kappa shape index (κ2) is 3.17. The van der Waals surface area contributed by atoms with Crippen LogP contribution < -0.4 is 5.32 Å². The summed E-state index contributed by atoms with van der Waals surface area (Å²) in [6, 6.07) is 0.537. The fourth-order valence-electron chi connectivity index (χ4n) is 2.80. The summed E-state index contributed by atoms with van der Waals surface area (Å²) in [5.41, 5.74) is 0.